The van der Waals surface area contributed by atoms with Crippen molar-refractivity contribution in [2.45, 2.75) is 0 Å². The number of hydrogen-bond donors (Lipinski definition) is 2. The predicted octanol–water partition coefficient (Wildman–Crippen LogP) is 4.12. The molecule has 0 spiro atoms. The van der Waals surface area contributed by atoms with Gasteiger partial charge in [-0.25, -0.2) is 13.6 Å². The van der Waals surface area contributed by atoms with Crippen LogP contribution in [0.2, 0.25) is 0 Å². The van der Waals surface area contributed by atoms with Gasteiger partial charge in [0.25, 0.3) is 5.56 Å². The number of thiophene rings is 1. The van der Waals surface area contributed by atoms with Crippen LogP contribution in [-0.4, -0.2) is 34.5 Å². The van der Waals surface area contributed by atoms with Crippen LogP contribution >= 0.6 is 11.3 Å². The molecule has 0 aliphatic carbocycles. The first-order chi connectivity index (χ1) is 13.5. The fourth-order valence-electron chi connectivity index (χ4n) is 2.90. The summed E-state index contributed by atoms with van der Waals surface area (Å²) in [5.74, 6) is -2.82. The Bertz CT molecular complexity index is 1270. The molecule has 0 radical (unpaired) electrons. The van der Waals surface area contributed by atoms with Gasteiger partial charge in [0.2, 0.25) is 0 Å². The van der Waals surface area contributed by atoms with E-state index in [0.717, 1.165) is 17.4 Å². The number of carboxylic acid groups (broad SMARTS) is 1. The van der Waals surface area contributed by atoms with Crippen molar-refractivity contribution in [1.29, 1.82) is 0 Å². The zero-order chi connectivity index (χ0) is 19.8. The Hall–Kier alpha value is -2.92. The van der Waals surface area contributed by atoms with E-state index in [1.807, 2.05) is 0 Å². The number of aromatic nitrogens is 1. The third-order valence-electron chi connectivity index (χ3n) is 4.14. The van der Waals surface area contributed by atoms with Crippen molar-refractivity contribution < 1.29 is 18.7 Å². The molecule has 0 amide bonds. The van der Waals surface area contributed by atoms with Crippen molar-refractivity contribution in [3.63, 3.8) is 0 Å². The normalized spacial score (nSPS) is 10.6. The Balaban J connectivity index is 0.00000240. The van der Waals surface area contributed by atoms with Gasteiger partial charge in [0.1, 0.15) is 21.3 Å². The van der Waals surface area contributed by atoms with Crippen LogP contribution in [0.25, 0.3) is 15.9 Å². The number of halogens is 2. The van der Waals surface area contributed by atoms with Crippen molar-refractivity contribution in [3.8, 4) is 5.69 Å². The number of carbonyl (C=O) groups is 1. The molecule has 0 unspecified atom stereocenters. The van der Waals surface area contributed by atoms with E-state index in [1.54, 1.807) is 30.3 Å². The monoisotopic (exact) mass is 406 g/mol. The van der Waals surface area contributed by atoms with Crippen molar-refractivity contribution >= 4 is 57.8 Å². The van der Waals surface area contributed by atoms with Gasteiger partial charge in [0, 0.05) is 17.5 Å². The van der Waals surface area contributed by atoms with E-state index in [1.165, 1.54) is 22.8 Å². The topological polar surface area (TPSA) is 71.3 Å². The first-order valence-corrected chi connectivity index (χ1v) is 8.96. The molecule has 0 aliphatic rings. The Kier molecular flexibility index (Phi) is 5.89. The van der Waals surface area contributed by atoms with Crippen LogP contribution in [0, 0.1) is 11.6 Å². The molecule has 0 saturated carbocycles. The number of pyridine rings is 1. The van der Waals surface area contributed by atoms with E-state index in [2.05, 4.69) is 5.32 Å². The van der Waals surface area contributed by atoms with E-state index in [-0.39, 0.29) is 40.7 Å². The van der Waals surface area contributed by atoms with Crippen LogP contribution in [0.15, 0.2) is 65.5 Å². The molecule has 9 heteroatoms. The zero-order valence-corrected chi connectivity index (χ0v) is 15.0. The minimum absolute atomic E-state index is 0. The van der Waals surface area contributed by atoms with Gasteiger partial charge in [-0.05, 0) is 30.3 Å². The molecule has 2 aromatic heterocycles. The van der Waals surface area contributed by atoms with Gasteiger partial charge in [-0.1, -0.05) is 18.2 Å². The summed E-state index contributed by atoms with van der Waals surface area (Å²) in [7, 11) is 0. The van der Waals surface area contributed by atoms with E-state index in [0.29, 0.717) is 22.0 Å². The number of benzene rings is 2. The molecule has 2 heterocycles. The van der Waals surface area contributed by atoms with Crippen LogP contribution in [-0.2, 0) is 0 Å². The summed E-state index contributed by atoms with van der Waals surface area (Å²) in [5, 5.41) is 12.8. The summed E-state index contributed by atoms with van der Waals surface area (Å²) in [5.41, 5.74) is 0.330. The van der Waals surface area contributed by atoms with Gasteiger partial charge >= 0.3 is 24.8 Å². The maximum atomic E-state index is 14.1. The molecule has 0 aliphatic heterocycles. The molecule has 0 fully saturated rings. The van der Waals surface area contributed by atoms with Crippen LogP contribution < -0.4 is 10.9 Å². The van der Waals surface area contributed by atoms with Crippen molar-refractivity contribution in [2.24, 2.45) is 0 Å². The first kappa shape index (κ1) is 20.8. The minimum atomic E-state index is -1.22. The van der Waals surface area contributed by atoms with Gasteiger partial charge in [0.05, 0.1) is 17.1 Å². The first-order valence-electron chi connectivity index (χ1n) is 8.15. The maximum absolute atomic E-state index is 14.1. The number of nitrogens with zero attached hydrogens (tertiary/aromatic N) is 1. The molecular weight excluding hydrogens is 393 g/mol. The number of fused-ring (bicyclic) bond motifs is 1. The molecule has 0 bridgehead atoms. The summed E-state index contributed by atoms with van der Waals surface area (Å²) in [6.45, 7) is 0. The molecule has 4 aromatic rings. The van der Waals surface area contributed by atoms with Crippen molar-refractivity contribution in [3.05, 3.63) is 87.5 Å². The summed E-state index contributed by atoms with van der Waals surface area (Å²) < 4.78 is 28.7. The van der Waals surface area contributed by atoms with E-state index >= 15 is 0 Å². The SMILES string of the molecule is O=C(O)c1sc2c(ccc(=O)n2-c2ccccc2)c1Nc1ccc(F)cc1F.[LiH]. The second-order valence-corrected chi connectivity index (χ2v) is 6.92. The summed E-state index contributed by atoms with van der Waals surface area (Å²) >= 11 is 0.900. The van der Waals surface area contributed by atoms with E-state index in [9.17, 15) is 23.5 Å². The standard InChI is InChI=1S/C20H12F2N2O3S.Li.H/c21-11-6-8-15(14(22)10-11)23-17-13-7-9-16(25)24(12-4-2-1-3-5-12)19(13)28-18(17)20(26)27;;/h1-10,23H,(H,26,27);;. The summed E-state index contributed by atoms with van der Waals surface area (Å²) in [6.07, 6.45) is 0. The number of carboxylic acids is 1. The Labute approximate surface area is 179 Å². The fraction of sp³-hybridized carbons (Fsp3) is 0. The van der Waals surface area contributed by atoms with Gasteiger partial charge in [-0.2, -0.15) is 0 Å². The third-order valence-corrected chi connectivity index (χ3v) is 5.32. The Morgan fingerprint density at radius 2 is 1.76 bits per heavy atom. The number of para-hydroxylation sites is 1. The summed E-state index contributed by atoms with van der Waals surface area (Å²) in [4.78, 5) is 24.6. The van der Waals surface area contributed by atoms with Gasteiger partial charge < -0.3 is 10.4 Å². The van der Waals surface area contributed by atoms with E-state index < -0.39 is 17.6 Å². The second kappa shape index (κ2) is 8.21. The van der Waals surface area contributed by atoms with Crippen LogP contribution in [0.3, 0.4) is 0 Å². The molecule has 2 N–H and O–H groups in total. The molecule has 0 atom stereocenters. The summed E-state index contributed by atoms with van der Waals surface area (Å²) in [6, 6.07) is 14.6. The third kappa shape index (κ3) is 3.83. The van der Waals surface area contributed by atoms with Gasteiger partial charge in [0.15, 0.2) is 0 Å². The Morgan fingerprint density at radius 3 is 2.41 bits per heavy atom. The van der Waals surface area contributed by atoms with Gasteiger partial charge in [-0.15, -0.1) is 11.3 Å². The molecule has 0 saturated heterocycles. The molecule has 5 nitrogen and oxygen atoms in total. The fourth-order valence-corrected chi connectivity index (χ4v) is 4.01. The number of anilines is 2. The van der Waals surface area contributed by atoms with E-state index in [4.69, 9.17) is 0 Å². The molecule has 4 rings (SSSR count). The molecule has 2 aromatic carbocycles. The molecule has 29 heavy (non-hydrogen) atoms. The van der Waals surface area contributed by atoms with Crippen LogP contribution in [0.5, 0.6) is 0 Å². The van der Waals surface area contributed by atoms with Crippen LogP contribution in [0.4, 0.5) is 20.2 Å². The van der Waals surface area contributed by atoms with Crippen LogP contribution in [0.1, 0.15) is 9.67 Å². The Morgan fingerprint density at radius 1 is 1.03 bits per heavy atom. The molecule has 142 valence electrons. The number of aromatic carboxylic acids is 1. The second-order valence-electron chi connectivity index (χ2n) is 5.92. The average molecular weight is 406 g/mol. The number of hydrogen-bond acceptors (Lipinski definition) is 4. The van der Waals surface area contributed by atoms with Crippen molar-refractivity contribution in [2.75, 3.05) is 5.32 Å². The molecular formula is C20H13F2LiN2O3S. The average Bonchev–Trinajstić information content (AvgIpc) is 3.03. The number of nitrogens with one attached hydrogen (secondary N) is 1. The quantitative estimate of drug-likeness (QED) is 0.500. The van der Waals surface area contributed by atoms with Crippen molar-refractivity contribution in [1.82, 2.24) is 4.57 Å². The predicted molar refractivity (Wildman–Crippen MR) is 111 cm³/mol. The zero-order valence-electron chi connectivity index (χ0n) is 14.1. The van der Waals surface area contributed by atoms with Gasteiger partial charge in [-0.3, -0.25) is 9.36 Å². The number of rotatable bonds is 4.